The third-order valence-corrected chi connectivity index (χ3v) is 5.43. The molecule has 166 valence electrons. The molecule has 4 heterocycles. The SMILES string of the molecule is O=C(CN1CCO[C@H](c2cccc(Nc3ccccn3)n2)C1)Nc1ccc2ncccc2c1. The Labute approximate surface area is 191 Å². The molecule has 8 heteroatoms. The smallest absolute Gasteiger partial charge is 0.238 e. The van der Waals surface area contributed by atoms with Gasteiger partial charge < -0.3 is 15.4 Å². The molecule has 1 saturated heterocycles. The van der Waals surface area contributed by atoms with Gasteiger partial charge in [-0.25, -0.2) is 9.97 Å². The first kappa shape index (κ1) is 21.0. The standard InChI is InChI=1S/C25H24N6O2/c32-25(28-19-9-10-20-18(15-19)5-4-12-26-20)17-31-13-14-33-22(16-31)21-6-3-8-24(29-21)30-23-7-1-2-11-27-23/h1-12,15,22H,13-14,16-17H2,(H,28,32)(H,27,29,30)/t22-/m0/s1. The maximum atomic E-state index is 12.7. The highest BCUT2D eigenvalue weighted by Crippen LogP contribution is 2.23. The molecular formula is C25H24N6O2. The molecular weight excluding hydrogens is 416 g/mol. The Bertz CT molecular complexity index is 1250. The van der Waals surface area contributed by atoms with Gasteiger partial charge in [0.25, 0.3) is 0 Å². The first-order valence-corrected chi connectivity index (χ1v) is 10.9. The maximum Gasteiger partial charge on any atom is 0.238 e. The number of aromatic nitrogens is 3. The lowest BCUT2D eigenvalue weighted by Gasteiger charge is -2.32. The van der Waals surface area contributed by atoms with E-state index >= 15 is 0 Å². The zero-order valence-electron chi connectivity index (χ0n) is 18.0. The lowest BCUT2D eigenvalue weighted by molar-refractivity contribution is -0.119. The lowest BCUT2D eigenvalue weighted by atomic mass is 10.2. The van der Waals surface area contributed by atoms with Gasteiger partial charge in [-0.15, -0.1) is 0 Å². The van der Waals surface area contributed by atoms with E-state index in [4.69, 9.17) is 9.72 Å². The lowest BCUT2D eigenvalue weighted by Crippen LogP contribution is -2.42. The van der Waals surface area contributed by atoms with E-state index in [1.807, 2.05) is 66.7 Å². The van der Waals surface area contributed by atoms with Crippen molar-refractivity contribution in [2.75, 3.05) is 36.9 Å². The van der Waals surface area contributed by atoms with E-state index in [1.165, 1.54) is 0 Å². The fourth-order valence-corrected chi connectivity index (χ4v) is 3.85. The molecule has 1 amide bonds. The van der Waals surface area contributed by atoms with Crippen molar-refractivity contribution < 1.29 is 9.53 Å². The van der Waals surface area contributed by atoms with E-state index in [0.29, 0.717) is 25.5 Å². The zero-order valence-corrected chi connectivity index (χ0v) is 18.0. The monoisotopic (exact) mass is 440 g/mol. The number of rotatable bonds is 6. The second-order valence-corrected chi connectivity index (χ2v) is 7.84. The Kier molecular flexibility index (Phi) is 6.19. The number of anilines is 3. The Hall–Kier alpha value is -3.88. The quantitative estimate of drug-likeness (QED) is 0.471. The third kappa shape index (κ3) is 5.31. The fourth-order valence-electron chi connectivity index (χ4n) is 3.85. The van der Waals surface area contributed by atoms with Crippen LogP contribution in [-0.4, -0.2) is 52.0 Å². The van der Waals surface area contributed by atoms with Crippen LogP contribution in [0, 0.1) is 0 Å². The number of fused-ring (bicyclic) bond motifs is 1. The molecule has 1 aliphatic heterocycles. The first-order chi connectivity index (χ1) is 16.2. The van der Waals surface area contributed by atoms with E-state index in [1.54, 1.807) is 12.4 Å². The number of ether oxygens (including phenoxy) is 1. The molecule has 4 aromatic rings. The highest BCUT2D eigenvalue weighted by Gasteiger charge is 2.24. The molecule has 3 aromatic heterocycles. The van der Waals surface area contributed by atoms with Crippen LogP contribution in [0.1, 0.15) is 11.8 Å². The molecule has 1 fully saturated rings. The Morgan fingerprint density at radius 3 is 2.82 bits per heavy atom. The van der Waals surface area contributed by atoms with Crippen LogP contribution >= 0.6 is 0 Å². The van der Waals surface area contributed by atoms with Crippen LogP contribution < -0.4 is 10.6 Å². The summed E-state index contributed by atoms with van der Waals surface area (Å²) in [7, 11) is 0. The number of nitrogens with one attached hydrogen (secondary N) is 2. The summed E-state index contributed by atoms with van der Waals surface area (Å²) in [4.78, 5) is 28.0. The minimum absolute atomic E-state index is 0.0579. The van der Waals surface area contributed by atoms with Crippen LogP contribution in [0.3, 0.4) is 0 Å². The summed E-state index contributed by atoms with van der Waals surface area (Å²) in [6.45, 7) is 2.11. The largest absolute Gasteiger partial charge is 0.369 e. The van der Waals surface area contributed by atoms with Gasteiger partial charge in [-0.1, -0.05) is 18.2 Å². The van der Waals surface area contributed by atoms with Gasteiger partial charge in [0.1, 0.15) is 17.7 Å². The number of nitrogens with zero attached hydrogens (tertiary/aromatic N) is 4. The Morgan fingerprint density at radius 2 is 1.91 bits per heavy atom. The molecule has 0 bridgehead atoms. The molecule has 1 atom stereocenters. The summed E-state index contributed by atoms with van der Waals surface area (Å²) in [5.74, 6) is 1.38. The molecule has 1 aromatic carbocycles. The summed E-state index contributed by atoms with van der Waals surface area (Å²) in [5, 5.41) is 7.19. The van der Waals surface area contributed by atoms with Gasteiger partial charge in [0.15, 0.2) is 0 Å². The van der Waals surface area contributed by atoms with Crippen molar-refractivity contribution in [2.24, 2.45) is 0 Å². The number of hydrogen-bond donors (Lipinski definition) is 2. The average Bonchev–Trinajstić information content (AvgIpc) is 2.85. The van der Waals surface area contributed by atoms with E-state index in [-0.39, 0.29) is 18.6 Å². The number of pyridine rings is 3. The molecule has 5 rings (SSSR count). The van der Waals surface area contributed by atoms with Crippen molar-refractivity contribution in [1.82, 2.24) is 19.9 Å². The highest BCUT2D eigenvalue weighted by molar-refractivity contribution is 5.94. The molecule has 0 saturated carbocycles. The molecule has 2 N–H and O–H groups in total. The van der Waals surface area contributed by atoms with Gasteiger partial charge >= 0.3 is 0 Å². The van der Waals surface area contributed by atoms with Gasteiger partial charge in [-0.05, 0) is 48.5 Å². The summed E-state index contributed by atoms with van der Waals surface area (Å²) < 4.78 is 5.96. The molecule has 0 radical (unpaired) electrons. The van der Waals surface area contributed by atoms with Crippen molar-refractivity contribution in [3.05, 3.63) is 84.8 Å². The molecule has 0 aliphatic carbocycles. The number of carbonyl (C=O) groups is 1. The van der Waals surface area contributed by atoms with Crippen LogP contribution in [0.4, 0.5) is 17.3 Å². The van der Waals surface area contributed by atoms with Crippen molar-refractivity contribution in [2.45, 2.75) is 6.10 Å². The van der Waals surface area contributed by atoms with E-state index in [0.717, 1.165) is 28.1 Å². The summed E-state index contributed by atoms with van der Waals surface area (Å²) >= 11 is 0. The van der Waals surface area contributed by atoms with E-state index < -0.39 is 0 Å². The second-order valence-electron chi connectivity index (χ2n) is 7.84. The van der Waals surface area contributed by atoms with Gasteiger partial charge in [-0.3, -0.25) is 14.7 Å². The molecule has 0 unspecified atom stereocenters. The van der Waals surface area contributed by atoms with Crippen LogP contribution in [0.2, 0.25) is 0 Å². The van der Waals surface area contributed by atoms with Gasteiger partial charge in [0.05, 0.1) is 24.4 Å². The van der Waals surface area contributed by atoms with Gasteiger partial charge in [0.2, 0.25) is 5.91 Å². The average molecular weight is 441 g/mol. The fraction of sp³-hybridized carbons (Fsp3) is 0.200. The van der Waals surface area contributed by atoms with Crippen molar-refractivity contribution >= 4 is 34.1 Å². The maximum absolute atomic E-state index is 12.7. The number of carbonyl (C=O) groups excluding carboxylic acids is 1. The Morgan fingerprint density at radius 1 is 1.00 bits per heavy atom. The van der Waals surface area contributed by atoms with Gasteiger partial charge in [-0.2, -0.15) is 0 Å². The summed E-state index contributed by atoms with van der Waals surface area (Å²) in [6, 6.07) is 21.0. The normalized spacial score (nSPS) is 16.4. The number of morpholine rings is 1. The van der Waals surface area contributed by atoms with Crippen LogP contribution in [0.5, 0.6) is 0 Å². The van der Waals surface area contributed by atoms with Gasteiger partial charge in [0, 0.05) is 36.6 Å². The summed E-state index contributed by atoms with van der Waals surface area (Å²) in [5.41, 5.74) is 2.49. The number of hydrogen-bond acceptors (Lipinski definition) is 7. The van der Waals surface area contributed by atoms with Crippen LogP contribution in [-0.2, 0) is 9.53 Å². The van der Waals surface area contributed by atoms with E-state index in [2.05, 4.69) is 25.5 Å². The molecule has 1 aliphatic rings. The minimum atomic E-state index is -0.205. The number of amides is 1. The minimum Gasteiger partial charge on any atom is -0.369 e. The first-order valence-electron chi connectivity index (χ1n) is 10.9. The zero-order chi connectivity index (χ0) is 22.5. The van der Waals surface area contributed by atoms with Crippen molar-refractivity contribution in [1.29, 1.82) is 0 Å². The second kappa shape index (κ2) is 9.72. The molecule has 33 heavy (non-hydrogen) atoms. The van der Waals surface area contributed by atoms with Crippen LogP contribution in [0.15, 0.2) is 79.1 Å². The van der Waals surface area contributed by atoms with Crippen LogP contribution in [0.25, 0.3) is 10.9 Å². The Balaban J connectivity index is 1.20. The summed E-state index contributed by atoms with van der Waals surface area (Å²) in [6.07, 6.45) is 3.28. The topological polar surface area (TPSA) is 92.3 Å². The van der Waals surface area contributed by atoms with E-state index in [9.17, 15) is 4.79 Å². The van der Waals surface area contributed by atoms with Crippen molar-refractivity contribution in [3.8, 4) is 0 Å². The number of benzene rings is 1. The molecule has 8 nitrogen and oxygen atoms in total. The predicted molar refractivity (Wildman–Crippen MR) is 127 cm³/mol. The molecule has 0 spiro atoms. The van der Waals surface area contributed by atoms with Crippen molar-refractivity contribution in [3.63, 3.8) is 0 Å². The third-order valence-electron chi connectivity index (χ3n) is 5.43. The predicted octanol–water partition coefficient (Wildman–Crippen LogP) is 3.78. The highest BCUT2D eigenvalue weighted by atomic mass is 16.5.